The summed E-state index contributed by atoms with van der Waals surface area (Å²) in [6.45, 7) is 3.77. The minimum atomic E-state index is 0.172. The molecular formula is C10H11ClIN. The minimum Gasteiger partial charge on any atom is -0.310 e. The summed E-state index contributed by atoms with van der Waals surface area (Å²) < 4.78 is 1.20. The molecule has 13 heavy (non-hydrogen) atoms. The monoisotopic (exact) mass is 307 g/mol. The standard InChI is InChI=1S/C10H11ClIN/c1-3-10(13-2)8-6-7(11)4-5-9(8)12/h3-6,10,13H,1H2,2H3. The molecule has 0 spiro atoms. The summed E-state index contributed by atoms with van der Waals surface area (Å²) in [5.74, 6) is 0. The normalized spacial score (nSPS) is 12.5. The molecule has 70 valence electrons. The first-order chi connectivity index (χ1) is 6.19. The highest BCUT2D eigenvalue weighted by molar-refractivity contribution is 14.1. The summed E-state index contributed by atoms with van der Waals surface area (Å²) >= 11 is 8.20. The third-order valence-corrected chi connectivity index (χ3v) is 3.06. The molecule has 0 aliphatic heterocycles. The van der Waals surface area contributed by atoms with E-state index in [2.05, 4.69) is 34.5 Å². The van der Waals surface area contributed by atoms with Crippen molar-refractivity contribution in [2.24, 2.45) is 0 Å². The zero-order valence-corrected chi connectivity index (χ0v) is 10.3. The number of benzene rings is 1. The number of nitrogens with one attached hydrogen (secondary N) is 1. The second-order valence-corrected chi connectivity index (χ2v) is 4.27. The van der Waals surface area contributed by atoms with E-state index < -0.39 is 0 Å². The van der Waals surface area contributed by atoms with Crippen LogP contribution in [0.25, 0.3) is 0 Å². The second kappa shape index (κ2) is 4.98. The molecule has 1 rings (SSSR count). The van der Waals surface area contributed by atoms with Gasteiger partial charge in [0.05, 0.1) is 6.04 Å². The van der Waals surface area contributed by atoms with Crippen LogP contribution in [0.1, 0.15) is 11.6 Å². The van der Waals surface area contributed by atoms with Gasteiger partial charge in [-0.25, -0.2) is 0 Å². The zero-order chi connectivity index (χ0) is 9.84. The number of likely N-dealkylation sites (N-methyl/N-ethyl adjacent to an activating group) is 1. The topological polar surface area (TPSA) is 12.0 Å². The fourth-order valence-corrected chi connectivity index (χ4v) is 2.00. The molecule has 0 aromatic heterocycles. The Morgan fingerprint density at radius 1 is 1.62 bits per heavy atom. The molecule has 0 saturated carbocycles. The van der Waals surface area contributed by atoms with Crippen molar-refractivity contribution in [1.82, 2.24) is 5.32 Å². The van der Waals surface area contributed by atoms with Gasteiger partial charge in [-0.1, -0.05) is 17.7 Å². The molecule has 3 heteroatoms. The van der Waals surface area contributed by atoms with E-state index in [1.807, 2.05) is 31.3 Å². The maximum Gasteiger partial charge on any atom is 0.0512 e. The Hall–Kier alpha value is -0.0600. The molecule has 1 aromatic carbocycles. The van der Waals surface area contributed by atoms with E-state index in [1.165, 1.54) is 9.13 Å². The highest BCUT2D eigenvalue weighted by atomic mass is 127. The fourth-order valence-electron chi connectivity index (χ4n) is 1.15. The van der Waals surface area contributed by atoms with Crippen molar-refractivity contribution in [1.29, 1.82) is 0 Å². The first-order valence-electron chi connectivity index (χ1n) is 3.93. The predicted octanol–water partition coefficient (Wildman–Crippen LogP) is 3.39. The predicted molar refractivity (Wildman–Crippen MR) is 66.2 cm³/mol. The van der Waals surface area contributed by atoms with Crippen LogP contribution in [0.5, 0.6) is 0 Å². The summed E-state index contributed by atoms with van der Waals surface area (Å²) in [5, 5.41) is 3.92. The quantitative estimate of drug-likeness (QED) is 0.667. The Labute approximate surface area is 97.3 Å². The van der Waals surface area contributed by atoms with Gasteiger partial charge in [-0.3, -0.25) is 0 Å². The Balaban J connectivity index is 3.10. The molecule has 1 N–H and O–H groups in total. The molecule has 1 aromatic rings. The Bertz CT molecular complexity index is 312. The Morgan fingerprint density at radius 2 is 2.31 bits per heavy atom. The van der Waals surface area contributed by atoms with Gasteiger partial charge in [-0.15, -0.1) is 6.58 Å². The first-order valence-corrected chi connectivity index (χ1v) is 5.39. The third-order valence-electron chi connectivity index (χ3n) is 1.84. The first kappa shape index (κ1) is 11.0. The van der Waals surface area contributed by atoms with Gasteiger partial charge in [0.1, 0.15) is 0 Å². The van der Waals surface area contributed by atoms with Crippen molar-refractivity contribution in [3.63, 3.8) is 0 Å². The smallest absolute Gasteiger partial charge is 0.0512 e. The highest BCUT2D eigenvalue weighted by Crippen LogP contribution is 2.24. The molecule has 0 bridgehead atoms. The molecule has 0 amide bonds. The average molecular weight is 308 g/mol. The molecule has 0 heterocycles. The second-order valence-electron chi connectivity index (χ2n) is 2.67. The van der Waals surface area contributed by atoms with Crippen LogP contribution in [0.3, 0.4) is 0 Å². The molecule has 1 nitrogen and oxygen atoms in total. The summed E-state index contributed by atoms with van der Waals surface area (Å²) in [6.07, 6.45) is 1.87. The van der Waals surface area contributed by atoms with Gasteiger partial charge in [-0.2, -0.15) is 0 Å². The van der Waals surface area contributed by atoms with Crippen molar-refractivity contribution in [3.8, 4) is 0 Å². The molecule has 0 saturated heterocycles. The fraction of sp³-hybridized carbons (Fsp3) is 0.200. The van der Waals surface area contributed by atoms with Crippen molar-refractivity contribution in [2.75, 3.05) is 7.05 Å². The van der Waals surface area contributed by atoms with E-state index in [1.54, 1.807) is 0 Å². The molecular weight excluding hydrogens is 296 g/mol. The van der Waals surface area contributed by atoms with Crippen molar-refractivity contribution >= 4 is 34.2 Å². The lowest BCUT2D eigenvalue weighted by atomic mass is 10.1. The van der Waals surface area contributed by atoms with Crippen LogP contribution in [0, 0.1) is 3.57 Å². The van der Waals surface area contributed by atoms with E-state index in [-0.39, 0.29) is 6.04 Å². The third kappa shape index (κ3) is 2.69. The van der Waals surface area contributed by atoms with Crippen LogP contribution in [-0.4, -0.2) is 7.05 Å². The Kier molecular flexibility index (Phi) is 4.22. The highest BCUT2D eigenvalue weighted by Gasteiger charge is 2.08. The summed E-state index contributed by atoms with van der Waals surface area (Å²) in [5.41, 5.74) is 1.17. The van der Waals surface area contributed by atoms with Gasteiger partial charge >= 0.3 is 0 Å². The number of hydrogen-bond acceptors (Lipinski definition) is 1. The lowest BCUT2D eigenvalue weighted by Crippen LogP contribution is -2.14. The maximum atomic E-state index is 5.91. The SMILES string of the molecule is C=CC(NC)c1cc(Cl)ccc1I. The summed E-state index contributed by atoms with van der Waals surface area (Å²) in [6, 6.07) is 6.03. The number of halogens is 2. The maximum absolute atomic E-state index is 5.91. The molecule has 0 aliphatic carbocycles. The van der Waals surface area contributed by atoms with E-state index in [4.69, 9.17) is 11.6 Å². The van der Waals surface area contributed by atoms with E-state index in [0.717, 1.165) is 5.02 Å². The van der Waals surface area contributed by atoms with Crippen LogP contribution in [0.4, 0.5) is 0 Å². The van der Waals surface area contributed by atoms with Gasteiger partial charge in [0, 0.05) is 8.59 Å². The van der Waals surface area contributed by atoms with Gasteiger partial charge in [0.25, 0.3) is 0 Å². The van der Waals surface area contributed by atoms with E-state index in [0.29, 0.717) is 0 Å². The average Bonchev–Trinajstić information content (AvgIpc) is 2.13. The van der Waals surface area contributed by atoms with Crippen LogP contribution in [-0.2, 0) is 0 Å². The molecule has 1 unspecified atom stereocenters. The van der Waals surface area contributed by atoms with Gasteiger partial charge in [-0.05, 0) is 53.4 Å². The number of hydrogen-bond donors (Lipinski definition) is 1. The minimum absolute atomic E-state index is 0.172. The van der Waals surface area contributed by atoms with Crippen LogP contribution >= 0.6 is 34.2 Å². The zero-order valence-electron chi connectivity index (χ0n) is 7.35. The van der Waals surface area contributed by atoms with Crippen LogP contribution < -0.4 is 5.32 Å². The van der Waals surface area contributed by atoms with Crippen molar-refractivity contribution < 1.29 is 0 Å². The number of rotatable bonds is 3. The van der Waals surface area contributed by atoms with Gasteiger partial charge < -0.3 is 5.32 Å². The van der Waals surface area contributed by atoms with Gasteiger partial charge in [0.15, 0.2) is 0 Å². The Morgan fingerprint density at radius 3 is 2.85 bits per heavy atom. The largest absolute Gasteiger partial charge is 0.310 e. The summed E-state index contributed by atoms with van der Waals surface area (Å²) in [7, 11) is 1.91. The molecule has 0 fully saturated rings. The molecule has 1 atom stereocenters. The lowest BCUT2D eigenvalue weighted by molar-refractivity contribution is 0.713. The van der Waals surface area contributed by atoms with Crippen molar-refractivity contribution in [2.45, 2.75) is 6.04 Å². The van der Waals surface area contributed by atoms with Crippen LogP contribution in [0.2, 0.25) is 5.02 Å². The van der Waals surface area contributed by atoms with E-state index in [9.17, 15) is 0 Å². The van der Waals surface area contributed by atoms with E-state index >= 15 is 0 Å². The van der Waals surface area contributed by atoms with Gasteiger partial charge in [0.2, 0.25) is 0 Å². The van der Waals surface area contributed by atoms with Crippen LogP contribution in [0.15, 0.2) is 30.9 Å². The molecule has 0 radical (unpaired) electrons. The molecule has 0 aliphatic rings. The summed E-state index contributed by atoms with van der Waals surface area (Å²) in [4.78, 5) is 0. The lowest BCUT2D eigenvalue weighted by Gasteiger charge is -2.13. The van der Waals surface area contributed by atoms with Crippen molar-refractivity contribution in [3.05, 3.63) is 45.0 Å².